The number of nitrogens with zero attached hydrogens (tertiary/aromatic N) is 1. The first-order valence-corrected chi connectivity index (χ1v) is 18.8. The van der Waals surface area contributed by atoms with Gasteiger partial charge in [-0.05, 0) is 61.5 Å². The SMILES string of the molecule is CC(C)(C)OC(=O)Nc1ccccc1C(=O)O[C@@H]1[C@@H](OP(=O)(OCc2ccccc2)OCc2ccccc2)[C@H](O)[C@@H](CO)O[C@H]1n1ccc2ccccc21. The monoisotopic (exact) mass is 758 g/mol. The lowest BCUT2D eigenvalue weighted by Crippen LogP contribution is -2.58. The highest BCUT2D eigenvalue weighted by atomic mass is 31.2. The van der Waals surface area contributed by atoms with E-state index in [0.717, 1.165) is 5.39 Å². The lowest BCUT2D eigenvalue weighted by Gasteiger charge is -2.44. The van der Waals surface area contributed by atoms with Gasteiger partial charge >= 0.3 is 19.9 Å². The van der Waals surface area contributed by atoms with Crippen LogP contribution in [0.4, 0.5) is 10.5 Å². The average molecular weight is 759 g/mol. The molecule has 14 heteroatoms. The molecule has 0 radical (unpaired) electrons. The number of aromatic nitrogens is 1. The van der Waals surface area contributed by atoms with Crippen molar-refractivity contribution in [3.05, 3.63) is 138 Å². The van der Waals surface area contributed by atoms with Crippen molar-refractivity contribution in [3.8, 4) is 0 Å². The van der Waals surface area contributed by atoms with Crippen LogP contribution in [0, 0.1) is 0 Å². The van der Waals surface area contributed by atoms with E-state index in [1.165, 1.54) is 12.1 Å². The van der Waals surface area contributed by atoms with Gasteiger partial charge in [0.1, 0.15) is 23.9 Å². The molecule has 1 aliphatic rings. The zero-order valence-electron chi connectivity index (χ0n) is 30.0. The summed E-state index contributed by atoms with van der Waals surface area (Å²) in [6.07, 6.45) is -6.49. The van der Waals surface area contributed by atoms with Crippen LogP contribution in [-0.2, 0) is 45.6 Å². The third-order valence-electron chi connectivity index (χ3n) is 8.46. The Morgan fingerprint density at radius 3 is 2.04 bits per heavy atom. The number of phosphoric ester groups is 1. The first kappa shape index (κ1) is 38.9. The van der Waals surface area contributed by atoms with E-state index in [1.807, 2.05) is 42.5 Å². The Hall–Kier alpha value is -4.85. The maximum absolute atomic E-state index is 14.7. The Morgan fingerprint density at radius 2 is 1.41 bits per heavy atom. The summed E-state index contributed by atoms with van der Waals surface area (Å²) in [4.78, 5) is 26.9. The molecule has 13 nitrogen and oxygen atoms in total. The molecule has 0 unspecified atom stereocenters. The molecule has 5 atom stereocenters. The van der Waals surface area contributed by atoms with Crippen LogP contribution in [0.15, 0.2) is 121 Å². The van der Waals surface area contributed by atoms with E-state index in [2.05, 4.69) is 5.32 Å². The molecule has 5 aromatic rings. The van der Waals surface area contributed by atoms with Gasteiger partial charge in [-0.3, -0.25) is 18.9 Å². The van der Waals surface area contributed by atoms with Gasteiger partial charge in [-0.2, -0.15) is 0 Å². The highest BCUT2D eigenvalue weighted by molar-refractivity contribution is 7.48. The molecule has 1 saturated heterocycles. The second-order valence-corrected chi connectivity index (χ2v) is 15.2. The fourth-order valence-corrected chi connectivity index (χ4v) is 7.28. The standard InChI is InChI=1S/C40H43N2O11P/c1-40(2,3)52-39(46)41-31-20-12-11-19-30(31)38(45)51-36-35(34(44)33(24-43)50-37(36)42-23-22-29-18-10-13-21-32(29)42)53-54(47,48-25-27-14-6-4-7-15-27)49-26-28-16-8-5-9-17-28/h4-23,33-37,43-44H,24-26H2,1-3H3,(H,41,46)/t33-,34-,35+,36-,37-/m1/s1. The van der Waals surface area contributed by atoms with E-state index in [1.54, 1.807) is 92.2 Å². The molecule has 1 amide bonds. The number of hydrogen-bond acceptors (Lipinski definition) is 11. The van der Waals surface area contributed by atoms with Crippen LogP contribution >= 0.6 is 7.82 Å². The molecule has 6 rings (SSSR count). The minimum atomic E-state index is -4.62. The number of hydrogen-bond donors (Lipinski definition) is 3. The highest BCUT2D eigenvalue weighted by Crippen LogP contribution is 2.54. The number of amides is 1. The average Bonchev–Trinajstić information content (AvgIpc) is 3.59. The Balaban J connectivity index is 1.38. The highest BCUT2D eigenvalue weighted by Gasteiger charge is 2.52. The van der Waals surface area contributed by atoms with E-state index in [4.69, 9.17) is 27.8 Å². The number of anilines is 1. The summed E-state index contributed by atoms with van der Waals surface area (Å²) in [7, 11) is -4.62. The van der Waals surface area contributed by atoms with Gasteiger partial charge in [0, 0.05) is 6.20 Å². The summed E-state index contributed by atoms with van der Waals surface area (Å²) < 4.78 is 52.1. The van der Waals surface area contributed by atoms with E-state index in [0.29, 0.717) is 16.6 Å². The third-order valence-corrected chi connectivity index (χ3v) is 9.85. The molecular weight excluding hydrogens is 715 g/mol. The van der Waals surface area contributed by atoms with Gasteiger partial charge in [0.05, 0.1) is 36.6 Å². The van der Waals surface area contributed by atoms with Gasteiger partial charge in [0.2, 0.25) is 0 Å². The van der Waals surface area contributed by atoms with Crippen LogP contribution in [0.1, 0.15) is 48.5 Å². The molecule has 0 saturated carbocycles. The van der Waals surface area contributed by atoms with Crippen LogP contribution in [0.3, 0.4) is 0 Å². The number of carbonyl (C=O) groups is 2. The number of rotatable bonds is 13. The largest absolute Gasteiger partial charge is 0.475 e. The zero-order chi connectivity index (χ0) is 38.3. The third kappa shape index (κ3) is 9.62. The van der Waals surface area contributed by atoms with Crippen molar-refractivity contribution >= 4 is 36.5 Å². The first-order valence-electron chi connectivity index (χ1n) is 17.4. The van der Waals surface area contributed by atoms with Gasteiger partial charge in [-0.25, -0.2) is 14.2 Å². The number of benzene rings is 4. The first-order chi connectivity index (χ1) is 25.9. The van der Waals surface area contributed by atoms with E-state index >= 15 is 0 Å². The number of aliphatic hydroxyl groups excluding tert-OH is 2. The summed E-state index contributed by atoms with van der Waals surface area (Å²) >= 11 is 0. The summed E-state index contributed by atoms with van der Waals surface area (Å²) in [6, 6.07) is 33.2. The van der Waals surface area contributed by atoms with E-state index < -0.39 is 62.7 Å². The number of carbonyl (C=O) groups excluding carboxylic acids is 2. The predicted octanol–water partition coefficient (Wildman–Crippen LogP) is 7.39. The van der Waals surface area contributed by atoms with Gasteiger partial charge in [0.25, 0.3) is 0 Å². The normalized spacial score (nSPS) is 20.4. The smallest absolute Gasteiger partial charge is 0.451 e. The number of esters is 1. The Kier molecular flexibility index (Phi) is 12.3. The number of ether oxygens (including phenoxy) is 3. The molecule has 54 heavy (non-hydrogen) atoms. The van der Waals surface area contributed by atoms with Crippen molar-refractivity contribution in [1.82, 2.24) is 4.57 Å². The van der Waals surface area contributed by atoms with E-state index in [-0.39, 0.29) is 24.5 Å². The summed E-state index contributed by atoms with van der Waals surface area (Å²) in [6.45, 7) is 4.08. The molecule has 0 bridgehead atoms. The molecule has 4 aromatic carbocycles. The van der Waals surface area contributed by atoms with Crippen LogP contribution in [0.2, 0.25) is 0 Å². The van der Waals surface area contributed by atoms with Crippen LogP contribution in [0.5, 0.6) is 0 Å². The molecule has 1 aromatic heterocycles. The number of para-hydroxylation sites is 2. The van der Waals surface area contributed by atoms with Crippen molar-refractivity contribution in [2.75, 3.05) is 11.9 Å². The summed E-state index contributed by atoms with van der Waals surface area (Å²) in [5.74, 6) is -0.940. The molecular formula is C40H43N2O11P. The van der Waals surface area contributed by atoms with Gasteiger partial charge in [-0.15, -0.1) is 0 Å². The number of aliphatic hydroxyl groups is 2. The Bertz CT molecular complexity index is 2020. The second kappa shape index (κ2) is 17.1. The van der Waals surface area contributed by atoms with Crippen LogP contribution < -0.4 is 5.32 Å². The molecule has 284 valence electrons. The molecule has 3 N–H and O–H groups in total. The molecule has 0 spiro atoms. The van der Waals surface area contributed by atoms with Gasteiger partial charge < -0.3 is 29.0 Å². The lowest BCUT2D eigenvalue weighted by atomic mass is 9.97. The number of nitrogens with one attached hydrogen (secondary N) is 1. The Morgan fingerprint density at radius 1 is 0.815 bits per heavy atom. The summed E-state index contributed by atoms with van der Waals surface area (Å²) in [5.41, 5.74) is 1.23. The number of phosphoric acid groups is 1. The lowest BCUT2D eigenvalue weighted by molar-refractivity contribution is -0.247. The van der Waals surface area contributed by atoms with Crippen molar-refractivity contribution < 1.29 is 52.1 Å². The molecule has 0 aliphatic carbocycles. The minimum absolute atomic E-state index is 0.0548. The van der Waals surface area contributed by atoms with Crippen LogP contribution in [-0.4, -0.2) is 63.5 Å². The fourth-order valence-electron chi connectivity index (χ4n) is 5.93. The quantitative estimate of drug-likeness (QED) is 0.0810. The van der Waals surface area contributed by atoms with Crippen molar-refractivity contribution in [1.29, 1.82) is 0 Å². The molecule has 2 heterocycles. The topological polar surface area (TPSA) is 164 Å². The molecule has 1 fully saturated rings. The van der Waals surface area contributed by atoms with Crippen molar-refractivity contribution in [3.63, 3.8) is 0 Å². The van der Waals surface area contributed by atoms with Crippen molar-refractivity contribution in [2.24, 2.45) is 0 Å². The summed E-state index contributed by atoms with van der Waals surface area (Å²) in [5, 5.41) is 25.5. The number of fused-ring (bicyclic) bond motifs is 1. The van der Waals surface area contributed by atoms with Crippen LogP contribution in [0.25, 0.3) is 10.9 Å². The van der Waals surface area contributed by atoms with E-state index in [9.17, 15) is 24.4 Å². The minimum Gasteiger partial charge on any atom is -0.451 e. The van der Waals surface area contributed by atoms with Gasteiger partial charge in [-0.1, -0.05) is 91.0 Å². The van der Waals surface area contributed by atoms with Gasteiger partial charge in [0.15, 0.2) is 12.3 Å². The Labute approximate surface area is 312 Å². The predicted molar refractivity (Wildman–Crippen MR) is 199 cm³/mol. The maximum atomic E-state index is 14.7. The van der Waals surface area contributed by atoms with Crippen molar-refractivity contribution in [2.45, 2.75) is 70.2 Å². The second-order valence-electron chi connectivity index (χ2n) is 13.6. The molecule has 1 aliphatic heterocycles. The zero-order valence-corrected chi connectivity index (χ0v) is 30.9. The fraction of sp³-hybridized carbons (Fsp3) is 0.300. The maximum Gasteiger partial charge on any atom is 0.475 e.